The number of hydrogen-bond donors (Lipinski definition) is 0. The van der Waals surface area contributed by atoms with E-state index in [1.165, 1.54) is 26.4 Å². The van der Waals surface area contributed by atoms with Crippen LogP contribution in [0, 0.1) is 0 Å². The second-order valence-electron chi connectivity index (χ2n) is 5.17. The van der Waals surface area contributed by atoms with Crippen molar-refractivity contribution in [3.63, 3.8) is 0 Å². The number of carbonyl (C=O) groups excluding carboxylic acids is 3. The van der Waals surface area contributed by atoms with Crippen molar-refractivity contribution >= 4 is 17.7 Å². The zero-order chi connectivity index (χ0) is 19.6. The summed E-state index contributed by atoms with van der Waals surface area (Å²) in [5.74, 6) is -2.07. The normalized spacial score (nSPS) is 10.7. The van der Waals surface area contributed by atoms with E-state index in [-0.39, 0.29) is 22.9 Å². The molecule has 0 radical (unpaired) electrons. The van der Waals surface area contributed by atoms with E-state index >= 15 is 0 Å². The zero-order valence-electron chi connectivity index (χ0n) is 14.8. The van der Waals surface area contributed by atoms with Crippen LogP contribution < -0.4 is 4.74 Å². The SMILES string of the molecule is COC=C(Oc1ccccc1C(=O)OCC(=O)c1ccccc1)C(=O)OC. The van der Waals surface area contributed by atoms with Gasteiger partial charge in [-0.15, -0.1) is 0 Å². The van der Waals surface area contributed by atoms with Gasteiger partial charge in [0.25, 0.3) is 0 Å². The lowest BCUT2D eigenvalue weighted by molar-refractivity contribution is -0.138. The molecule has 0 aliphatic rings. The van der Waals surface area contributed by atoms with Crippen molar-refractivity contribution in [3.05, 3.63) is 77.7 Å². The van der Waals surface area contributed by atoms with Gasteiger partial charge in [0.15, 0.2) is 12.4 Å². The second-order valence-corrected chi connectivity index (χ2v) is 5.17. The fraction of sp³-hybridized carbons (Fsp3) is 0.150. The third-order valence-electron chi connectivity index (χ3n) is 3.37. The molecule has 0 aromatic heterocycles. The van der Waals surface area contributed by atoms with Crippen molar-refractivity contribution in [2.24, 2.45) is 0 Å². The van der Waals surface area contributed by atoms with Crippen LogP contribution in [0.3, 0.4) is 0 Å². The molecule has 2 aromatic carbocycles. The maximum absolute atomic E-state index is 12.4. The van der Waals surface area contributed by atoms with Crippen LogP contribution in [0.5, 0.6) is 5.75 Å². The molecule has 0 saturated carbocycles. The fourth-order valence-corrected chi connectivity index (χ4v) is 2.08. The Kier molecular flexibility index (Phi) is 7.13. The first-order valence-electron chi connectivity index (χ1n) is 7.90. The molecule has 0 bridgehead atoms. The Hall–Kier alpha value is -3.61. The predicted molar refractivity (Wildman–Crippen MR) is 95.2 cm³/mol. The average Bonchev–Trinajstić information content (AvgIpc) is 2.71. The summed E-state index contributed by atoms with van der Waals surface area (Å²) in [4.78, 5) is 36.1. The van der Waals surface area contributed by atoms with Gasteiger partial charge in [0.05, 0.1) is 14.2 Å². The molecule has 0 aliphatic carbocycles. The second kappa shape index (κ2) is 9.76. The van der Waals surface area contributed by atoms with E-state index in [0.29, 0.717) is 5.56 Å². The lowest BCUT2D eigenvalue weighted by atomic mass is 10.1. The molecular weight excluding hydrogens is 352 g/mol. The van der Waals surface area contributed by atoms with Crippen LogP contribution in [0.2, 0.25) is 0 Å². The molecule has 0 N–H and O–H groups in total. The van der Waals surface area contributed by atoms with Crippen molar-refractivity contribution in [1.29, 1.82) is 0 Å². The number of ketones is 1. The van der Waals surface area contributed by atoms with E-state index in [0.717, 1.165) is 6.26 Å². The van der Waals surface area contributed by atoms with Gasteiger partial charge in [-0.25, -0.2) is 9.59 Å². The first kappa shape index (κ1) is 19.7. The molecule has 0 heterocycles. The summed E-state index contributed by atoms with van der Waals surface area (Å²) in [6, 6.07) is 14.6. The van der Waals surface area contributed by atoms with Crippen LogP contribution in [-0.2, 0) is 19.0 Å². The largest absolute Gasteiger partial charge is 0.500 e. The summed E-state index contributed by atoms with van der Waals surface area (Å²) in [6.07, 6.45) is 1.05. The van der Waals surface area contributed by atoms with Gasteiger partial charge in [0.2, 0.25) is 5.76 Å². The molecule has 2 rings (SSSR count). The molecule has 0 spiro atoms. The van der Waals surface area contributed by atoms with Crippen LogP contribution in [0.1, 0.15) is 20.7 Å². The van der Waals surface area contributed by atoms with Crippen LogP contribution in [0.4, 0.5) is 0 Å². The number of carbonyl (C=O) groups is 3. The topological polar surface area (TPSA) is 88.1 Å². The third-order valence-corrected chi connectivity index (χ3v) is 3.37. The highest BCUT2D eigenvalue weighted by atomic mass is 16.6. The Labute approximate surface area is 156 Å². The molecule has 140 valence electrons. The molecule has 0 aliphatic heterocycles. The predicted octanol–water partition coefficient (Wildman–Crippen LogP) is 2.77. The Morgan fingerprint density at radius 3 is 2.26 bits per heavy atom. The summed E-state index contributed by atoms with van der Waals surface area (Å²) in [5, 5.41) is 0. The quantitative estimate of drug-likeness (QED) is 0.305. The zero-order valence-corrected chi connectivity index (χ0v) is 14.8. The van der Waals surface area contributed by atoms with E-state index in [1.807, 2.05) is 0 Å². The summed E-state index contributed by atoms with van der Waals surface area (Å²) in [5.41, 5.74) is 0.482. The molecular formula is C20H18O7. The maximum Gasteiger partial charge on any atom is 0.377 e. The fourth-order valence-electron chi connectivity index (χ4n) is 2.08. The number of benzene rings is 2. The van der Waals surface area contributed by atoms with Crippen LogP contribution in [0.25, 0.3) is 0 Å². The minimum atomic E-state index is -0.778. The van der Waals surface area contributed by atoms with Gasteiger partial charge in [-0.05, 0) is 12.1 Å². The van der Waals surface area contributed by atoms with E-state index in [4.69, 9.17) is 14.2 Å². The number of Topliss-reactive ketones (excluding diaryl/α,β-unsaturated/α-hetero) is 1. The Morgan fingerprint density at radius 1 is 0.926 bits per heavy atom. The van der Waals surface area contributed by atoms with Gasteiger partial charge in [-0.3, -0.25) is 4.79 Å². The first-order valence-corrected chi connectivity index (χ1v) is 7.90. The average molecular weight is 370 g/mol. The molecule has 0 unspecified atom stereocenters. The van der Waals surface area contributed by atoms with Gasteiger partial charge in [0, 0.05) is 5.56 Å². The van der Waals surface area contributed by atoms with Crippen molar-refractivity contribution in [1.82, 2.24) is 0 Å². The summed E-state index contributed by atoms with van der Waals surface area (Å²) < 4.78 is 19.9. The highest BCUT2D eigenvalue weighted by Crippen LogP contribution is 2.22. The van der Waals surface area contributed by atoms with Crippen LogP contribution >= 0.6 is 0 Å². The number of rotatable bonds is 8. The van der Waals surface area contributed by atoms with Gasteiger partial charge in [0.1, 0.15) is 17.6 Å². The molecule has 7 nitrogen and oxygen atoms in total. The van der Waals surface area contributed by atoms with E-state index in [9.17, 15) is 14.4 Å². The number of ether oxygens (including phenoxy) is 4. The van der Waals surface area contributed by atoms with Gasteiger partial charge in [-0.2, -0.15) is 0 Å². The summed E-state index contributed by atoms with van der Waals surface area (Å²) in [6.45, 7) is -0.422. The third kappa shape index (κ3) is 5.43. The molecule has 7 heteroatoms. The van der Waals surface area contributed by atoms with Crippen LogP contribution in [-0.4, -0.2) is 38.5 Å². The smallest absolute Gasteiger partial charge is 0.377 e. The number of para-hydroxylation sites is 1. The molecule has 0 amide bonds. The molecule has 27 heavy (non-hydrogen) atoms. The summed E-state index contributed by atoms with van der Waals surface area (Å²) in [7, 11) is 2.52. The molecule has 0 saturated heterocycles. The Morgan fingerprint density at radius 2 is 1.59 bits per heavy atom. The highest BCUT2D eigenvalue weighted by Gasteiger charge is 2.20. The number of esters is 2. The summed E-state index contributed by atoms with van der Waals surface area (Å²) >= 11 is 0. The monoisotopic (exact) mass is 370 g/mol. The van der Waals surface area contributed by atoms with Crippen molar-refractivity contribution in [2.75, 3.05) is 20.8 Å². The van der Waals surface area contributed by atoms with Crippen molar-refractivity contribution in [3.8, 4) is 5.75 Å². The number of methoxy groups -OCH3 is 2. The Bertz CT molecular complexity index is 840. The minimum Gasteiger partial charge on any atom is -0.500 e. The Balaban J connectivity index is 2.12. The van der Waals surface area contributed by atoms with Crippen molar-refractivity contribution < 1.29 is 33.3 Å². The molecule has 0 fully saturated rings. The van der Waals surface area contributed by atoms with Gasteiger partial charge < -0.3 is 18.9 Å². The van der Waals surface area contributed by atoms with Crippen molar-refractivity contribution in [2.45, 2.75) is 0 Å². The standard InChI is InChI=1S/C20H18O7/c1-24-13-18(20(23)25-2)27-17-11-7-6-10-15(17)19(22)26-12-16(21)14-8-4-3-5-9-14/h3-11,13H,12H2,1-2H3. The van der Waals surface area contributed by atoms with E-state index < -0.39 is 18.5 Å². The van der Waals surface area contributed by atoms with Gasteiger partial charge >= 0.3 is 11.9 Å². The minimum absolute atomic E-state index is 0.0456. The maximum atomic E-state index is 12.4. The van der Waals surface area contributed by atoms with E-state index in [1.54, 1.807) is 42.5 Å². The van der Waals surface area contributed by atoms with Gasteiger partial charge in [-0.1, -0.05) is 42.5 Å². The van der Waals surface area contributed by atoms with E-state index in [2.05, 4.69) is 4.74 Å². The van der Waals surface area contributed by atoms with Crippen LogP contribution in [0.15, 0.2) is 66.6 Å². The molecule has 2 aromatic rings. The lowest BCUT2D eigenvalue weighted by Crippen LogP contribution is -2.16. The molecule has 0 atom stereocenters. The number of hydrogen-bond acceptors (Lipinski definition) is 7. The highest BCUT2D eigenvalue weighted by molar-refractivity contribution is 6.00. The lowest BCUT2D eigenvalue weighted by Gasteiger charge is -2.12. The first-order chi connectivity index (χ1) is 13.1.